The van der Waals surface area contributed by atoms with Gasteiger partial charge in [0.2, 0.25) is 11.8 Å². The molecule has 0 spiro atoms. The Morgan fingerprint density at radius 2 is 1.69 bits per heavy atom. The number of nitrogens with one attached hydrogen (secondary N) is 2. The lowest BCUT2D eigenvalue weighted by molar-refractivity contribution is -0.116. The number of hydrogen-bond donors (Lipinski definition) is 2. The van der Waals surface area contributed by atoms with Crippen molar-refractivity contribution in [1.29, 1.82) is 0 Å². The largest absolute Gasteiger partial charge is 0.464 e. The number of aryl methyl sites for hydroxylation is 3. The predicted octanol–water partition coefficient (Wildman–Crippen LogP) is 4.50. The lowest BCUT2D eigenvalue weighted by Crippen LogP contribution is -2.14. The van der Waals surface area contributed by atoms with Crippen molar-refractivity contribution in [2.24, 2.45) is 0 Å². The van der Waals surface area contributed by atoms with Gasteiger partial charge in [0.25, 0.3) is 0 Å². The lowest BCUT2D eigenvalue weighted by Gasteiger charge is -2.10. The van der Waals surface area contributed by atoms with E-state index in [1.54, 1.807) is 18.4 Å². The number of carbonyl (C=O) groups excluding carboxylic acids is 2. The highest BCUT2D eigenvalue weighted by Crippen LogP contribution is 2.26. The molecule has 2 N–H and O–H groups in total. The molecule has 3 rings (SSSR count). The fourth-order valence-corrected chi connectivity index (χ4v) is 2.92. The number of amides is 2. The van der Waals surface area contributed by atoms with E-state index in [1.807, 2.05) is 32.9 Å². The van der Waals surface area contributed by atoms with E-state index >= 15 is 0 Å². The zero-order valence-electron chi connectivity index (χ0n) is 15.4. The molecule has 0 aliphatic carbocycles. The number of furan rings is 1. The van der Waals surface area contributed by atoms with Gasteiger partial charge in [0.05, 0.1) is 12.7 Å². The van der Waals surface area contributed by atoms with Crippen molar-refractivity contribution in [3.05, 3.63) is 58.8 Å². The van der Waals surface area contributed by atoms with Crippen LogP contribution >= 0.6 is 0 Å². The summed E-state index contributed by atoms with van der Waals surface area (Å²) in [5.41, 5.74) is 6.32. The lowest BCUT2D eigenvalue weighted by atomic mass is 10.0. The number of hydrogen-bond acceptors (Lipinski definition) is 3. The van der Waals surface area contributed by atoms with Crippen LogP contribution in [0.3, 0.4) is 0 Å². The fraction of sp³-hybridized carbons (Fsp3) is 0.238. The smallest absolute Gasteiger partial charge is 0.228 e. The molecule has 5 nitrogen and oxygen atoms in total. The Hall–Kier alpha value is -3.08. The molecule has 3 aromatic rings. The van der Waals surface area contributed by atoms with Crippen LogP contribution in [0.1, 0.15) is 29.2 Å². The summed E-state index contributed by atoms with van der Waals surface area (Å²) in [6, 6.07) is 9.45. The third-order valence-electron chi connectivity index (χ3n) is 4.44. The zero-order valence-corrected chi connectivity index (χ0v) is 15.4. The second kappa shape index (κ2) is 7.04. The first-order valence-corrected chi connectivity index (χ1v) is 8.49. The Kier molecular flexibility index (Phi) is 4.80. The standard InChI is InChI=1S/C21H22N2O3/c1-12-8-18-16(11-26-20(18)9-13(12)2)10-21(25)23-17-5-6-19(14(3)7-17)22-15(4)24/h5-9,11H,10H2,1-4H3,(H,22,24)(H,23,25). The van der Waals surface area contributed by atoms with E-state index in [2.05, 4.69) is 16.7 Å². The van der Waals surface area contributed by atoms with Gasteiger partial charge in [0.15, 0.2) is 0 Å². The molecule has 0 saturated carbocycles. The van der Waals surface area contributed by atoms with Crippen LogP contribution in [0.4, 0.5) is 11.4 Å². The molecule has 0 aliphatic rings. The summed E-state index contributed by atoms with van der Waals surface area (Å²) in [6.45, 7) is 7.44. The van der Waals surface area contributed by atoms with E-state index in [-0.39, 0.29) is 18.2 Å². The van der Waals surface area contributed by atoms with Crippen LogP contribution in [0, 0.1) is 20.8 Å². The molecular weight excluding hydrogens is 328 g/mol. The fourth-order valence-electron chi connectivity index (χ4n) is 2.92. The molecular formula is C21H22N2O3. The van der Waals surface area contributed by atoms with E-state index in [0.717, 1.165) is 33.3 Å². The van der Waals surface area contributed by atoms with Crippen molar-refractivity contribution < 1.29 is 14.0 Å². The summed E-state index contributed by atoms with van der Waals surface area (Å²) in [4.78, 5) is 23.6. The molecule has 1 aromatic heterocycles. The Bertz CT molecular complexity index is 1000. The van der Waals surface area contributed by atoms with E-state index in [1.165, 1.54) is 12.5 Å². The Morgan fingerprint density at radius 3 is 2.38 bits per heavy atom. The summed E-state index contributed by atoms with van der Waals surface area (Å²) in [5.74, 6) is -0.236. The first kappa shape index (κ1) is 17.7. The first-order valence-electron chi connectivity index (χ1n) is 8.49. The molecule has 0 unspecified atom stereocenters. The summed E-state index contributed by atoms with van der Waals surface area (Å²) < 4.78 is 5.59. The van der Waals surface area contributed by atoms with Gasteiger partial charge in [0.1, 0.15) is 5.58 Å². The Balaban J connectivity index is 1.74. The maximum Gasteiger partial charge on any atom is 0.228 e. The van der Waals surface area contributed by atoms with Gasteiger partial charge in [-0.15, -0.1) is 0 Å². The van der Waals surface area contributed by atoms with Gasteiger partial charge in [-0.2, -0.15) is 0 Å². The molecule has 26 heavy (non-hydrogen) atoms. The SMILES string of the molecule is CC(=O)Nc1ccc(NC(=O)Cc2coc3cc(C)c(C)cc23)cc1C. The quantitative estimate of drug-likeness (QED) is 0.728. The van der Waals surface area contributed by atoms with Crippen LogP contribution in [-0.2, 0) is 16.0 Å². The minimum Gasteiger partial charge on any atom is -0.464 e. The van der Waals surface area contributed by atoms with Gasteiger partial charge in [-0.3, -0.25) is 9.59 Å². The van der Waals surface area contributed by atoms with Crippen molar-refractivity contribution >= 4 is 34.2 Å². The van der Waals surface area contributed by atoms with E-state index in [4.69, 9.17) is 4.42 Å². The van der Waals surface area contributed by atoms with Crippen molar-refractivity contribution in [1.82, 2.24) is 0 Å². The molecule has 0 saturated heterocycles. The molecule has 0 aliphatic heterocycles. The number of anilines is 2. The highest BCUT2D eigenvalue weighted by atomic mass is 16.3. The minimum atomic E-state index is -0.123. The van der Waals surface area contributed by atoms with Crippen molar-refractivity contribution in [2.75, 3.05) is 10.6 Å². The average molecular weight is 350 g/mol. The second-order valence-corrected chi connectivity index (χ2v) is 6.63. The molecule has 0 atom stereocenters. The normalized spacial score (nSPS) is 10.8. The maximum absolute atomic E-state index is 12.4. The second-order valence-electron chi connectivity index (χ2n) is 6.63. The maximum atomic E-state index is 12.4. The number of carbonyl (C=O) groups is 2. The topological polar surface area (TPSA) is 71.3 Å². The highest BCUT2D eigenvalue weighted by molar-refractivity contribution is 5.96. The molecule has 0 bridgehead atoms. The Morgan fingerprint density at radius 1 is 0.962 bits per heavy atom. The monoisotopic (exact) mass is 350 g/mol. The summed E-state index contributed by atoms with van der Waals surface area (Å²) in [7, 11) is 0. The van der Waals surface area contributed by atoms with E-state index in [9.17, 15) is 9.59 Å². The van der Waals surface area contributed by atoms with Gasteiger partial charge < -0.3 is 15.1 Å². The van der Waals surface area contributed by atoms with Gasteiger partial charge in [0, 0.05) is 29.2 Å². The minimum absolute atomic E-state index is 0.113. The summed E-state index contributed by atoms with van der Waals surface area (Å²) >= 11 is 0. The molecule has 1 heterocycles. The molecule has 2 amide bonds. The van der Waals surface area contributed by atoms with Crippen LogP contribution in [0.5, 0.6) is 0 Å². The van der Waals surface area contributed by atoms with Crippen LogP contribution < -0.4 is 10.6 Å². The van der Waals surface area contributed by atoms with Gasteiger partial charge in [-0.25, -0.2) is 0 Å². The molecule has 0 fully saturated rings. The third-order valence-corrected chi connectivity index (χ3v) is 4.44. The molecule has 5 heteroatoms. The molecule has 134 valence electrons. The molecule has 0 radical (unpaired) electrons. The van der Waals surface area contributed by atoms with Crippen LogP contribution in [0.2, 0.25) is 0 Å². The number of fused-ring (bicyclic) bond motifs is 1. The summed E-state index contributed by atoms with van der Waals surface area (Å²) in [5, 5.41) is 6.63. The first-order chi connectivity index (χ1) is 12.3. The third kappa shape index (κ3) is 3.77. The summed E-state index contributed by atoms with van der Waals surface area (Å²) in [6.07, 6.45) is 1.89. The average Bonchev–Trinajstić information content (AvgIpc) is 2.92. The van der Waals surface area contributed by atoms with E-state index < -0.39 is 0 Å². The van der Waals surface area contributed by atoms with Gasteiger partial charge in [-0.1, -0.05) is 0 Å². The van der Waals surface area contributed by atoms with Crippen molar-refractivity contribution in [3.63, 3.8) is 0 Å². The van der Waals surface area contributed by atoms with Crippen molar-refractivity contribution in [2.45, 2.75) is 34.1 Å². The molecule has 2 aromatic carbocycles. The van der Waals surface area contributed by atoms with Crippen LogP contribution in [-0.4, -0.2) is 11.8 Å². The van der Waals surface area contributed by atoms with E-state index in [0.29, 0.717) is 5.69 Å². The van der Waals surface area contributed by atoms with Crippen LogP contribution in [0.25, 0.3) is 11.0 Å². The Labute approximate surface area is 152 Å². The van der Waals surface area contributed by atoms with Crippen molar-refractivity contribution in [3.8, 4) is 0 Å². The van der Waals surface area contributed by atoms with Crippen LogP contribution in [0.15, 0.2) is 41.0 Å². The number of benzene rings is 2. The zero-order chi connectivity index (χ0) is 18.8. The van der Waals surface area contributed by atoms with Gasteiger partial charge >= 0.3 is 0 Å². The van der Waals surface area contributed by atoms with Gasteiger partial charge in [-0.05, 0) is 67.8 Å². The number of rotatable bonds is 4. The predicted molar refractivity (Wildman–Crippen MR) is 104 cm³/mol. The highest BCUT2D eigenvalue weighted by Gasteiger charge is 2.12.